The zero-order valence-electron chi connectivity index (χ0n) is 12.0. The van der Waals surface area contributed by atoms with E-state index in [2.05, 4.69) is 48.5 Å². The molecule has 0 aliphatic carbocycles. The van der Waals surface area contributed by atoms with Gasteiger partial charge in [-0.05, 0) is 16.9 Å². The van der Waals surface area contributed by atoms with E-state index in [0.717, 1.165) is 11.8 Å². The highest BCUT2D eigenvalue weighted by atomic mass is 28.3. The van der Waals surface area contributed by atoms with E-state index < -0.39 is 0 Å². The van der Waals surface area contributed by atoms with Crippen LogP contribution in [0.1, 0.15) is 61.3 Å². The molecule has 0 unspecified atom stereocenters. The third kappa shape index (κ3) is 6.39. The molecule has 0 rings (SSSR count). The second-order valence-corrected chi connectivity index (χ2v) is 9.81. The molecular formula is C14H31Si. The van der Waals surface area contributed by atoms with E-state index in [1.165, 1.54) is 24.9 Å². The highest BCUT2D eigenvalue weighted by Gasteiger charge is 2.31. The molecular weight excluding hydrogens is 196 g/mol. The van der Waals surface area contributed by atoms with Crippen LogP contribution in [0.15, 0.2) is 0 Å². The Labute approximate surface area is 99.5 Å². The van der Waals surface area contributed by atoms with Crippen LogP contribution in [0, 0.1) is 11.8 Å². The molecule has 0 aliphatic heterocycles. The van der Waals surface area contributed by atoms with Gasteiger partial charge in [0.2, 0.25) is 0 Å². The van der Waals surface area contributed by atoms with Gasteiger partial charge in [-0.1, -0.05) is 73.4 Å². The molecule has 0 saturated carbocycles. The van der Waals surface area contributed by atoms with E-state index >= 15 is 0 Å². The fourth-order valence-corrected chi connectivity index (χ4v) is 6.27. The largest absolute Gasteiger partial charge is 0.0654 e. The molecule has 0 heterocycles. The molecule has 0 atom stereocenters. The molecule has 0 aromatic rings. The van der Waals surface area contributed by atoms with Crippen LogP contribution in [0.4, 0.5) is 0 Å². The first kappa shape index (κ1) is 15.2. The molecule has 91 valence electrons. The van der Waals surface area contributed by atoms with E-state index in [0.29, 0.717) is 5.04 Å². The van der Waals surface area contributed by atoms with Crippen LogP contribution >= 0.6 is 0 Å². The van der Waals surface area contributed by atoms with Gasteiger partial charge in [-0.15, -0.1) is 0 Å². The summed E-state index contributed by atoms with van der Waals surface area (Å²) < 4.78 is 0. The van der Waals surface area contributed by atoms with Crippen molar-refractivity contribution in [3.05, 3.63) is 0 Å². The Hall–Kier alpha value is 0.217. The fourth-order valence-electron chi connectivity index (χ4n) is 2.42. The number of hydrogen-bond acceptors (Lipinski definition) is 0. The van der Waals surface area contributed by atoms with Gasteiger partial charge in [0.15, 0.2) is 0 Å². The molecule has 1 heteroatoms. The number of hydrogen-bond donors (Lipinski definition) is 0. The molecule has 0 aromatic carbocycles. The quantitative estimate of drug-likeness (QED) is 0.513. The minimum absolute atomic E-state index is 0.182. The Morgan fingerprint density at radius 1 is 0.933 bits per heavy atom. The summed E-state index contributed by atoms with van der Waals surface area (Å²) in [6, 6.07) is 2.99. The van der Waals surface area contributed by atoms with Crippen molar-refractivity contribution in [2.24, 2.45) is 11.8 Å². The van der Waals surface area contributed by atoms with Gasteiger partial charge in [0.25, 0.3) is 0 Å². The lowest BCUT2D eigenvalue weighted by Gasteiger charge is -2.35. The lowest BCUT2D eigenvalue weighted by atomic mass is 10.1. The van der Waals surface area contributed by atoms with Crippen LogP contribution in [0.25, 0.3) is 0 Å². The summed E-state index contributed by atoms with van der Waals surface area (Å²) in [7, 11) is -0.182. The second kappa shape index (κ2) is 6.73. The van der Waals surface area contributed by atoms with E-state index in [4.69, 9.17) is 0 Å². The molecule has 1 radical (unpaired) electrons. The predicted octanol–water partition coefficient (Wildman–Crippen LogP) is 5.37. The summed E-state index contributed by atoms with van der Waals surface area (Å²) >= 11 is 0. The molecule has 0 aromatic heterocycles. The highest BCUT2D eigenvalue weighted by Crippen LogP contribution is 2.40. The van der Waals surface area contributed by atoms with Crippen molar-refractivity contribution >= 4 is 8.80 Å². The maximum absolute atomic E-state index is 2.51. The zero-order valence-corrected chi connectivity index (χ0v) is 13.0. The van der Waals surface area contributed by atoms with Crippen molar-refractivity contribution in [1.82, 2.24) is 0 Å². The zero-order chi connectivity index (χ0) is 12.1. The Kier molecular flexibility index (Phi) is 6.82. The Morgan fingerprint density at radius 3 is 1.60 bits per heavy atom. The van der Waals surface area contributed by atoms with Gasteiger partial charge >= 0.3 is 0 Å². The van der Waals surface area contributed by atoms with Gasteiger partial charge in [-0.2, -0.15) is 0 Å². The molecule has 0 fully saturated rings. The fraction of sp³-hybridized carbons (Fsp3) is 1.00. The maximum atomic E-state index is 2.51. The van der Waals surface area contributed by atoms with Crippen molar-refractivity contribution in [2.45, 2.75) is 78.4 Å². The van der Waals surface area contributed by atoms with Crippen molar-refractivity contribution in [3.8, 4) is 0 Å². The normalized spacial score (nSPS) is 13.2. The summed E-state index contributed by atoms with van der Waals surface area (Å²) in [6.07, 6.45) is 2.76. The van der Waals surface area contributed by atoms with Gasteiger partial charge in [-0.25, -0.2) is 0 Å². The number of rotatable bonds is 7. The topological polar surface area (TPSA) is 0 Å². The van der Waals surface area contributed by atoms with Crippen molar-refractivity contribution in [1.29, 1.82) is 0 Å². The first-order valence-electron chi connectivity index (χ1n) is 6.64. The van der Waals surface area contributed by atoms with Crippen LogP contribution in [0.2, 0.25) is 17.1 Å². The minimum atomic E-state index is -0.182. The highest BCUT2D eigenvalue weighted by molar-refractivity contribution is 6.62. The minimum Gasteiger partial charge on any atom is -0.0654 e. The second-order valence-electron chi connectivity index (χ2n) is 6.43. The molecule has 15 heavy (non-hydrogen) atoms. The van der Waals surface area contributed by atoms with Crippen LogP contribution in [0.5, 0.6) is 0 Å². The molecule has 0 amide bonds. The van der Waals surface area contributed by atoms with Crippen LogP contribution in [-0.2, 0) is 0 Å². The average Bonchev–Trinajstić information content (AvgIpc) is 2.00. The van der Waals surface area contributed by atoms with E-state index in [1.807, 2.05) is 0 Å². The van der Waals surface area contributed by atoms with Crippen LogP contribution < -0.4 is 0 Å². The van der Waals surface area contributed by atoms with Crippen LogP contribution in [0.3, 0.4) is 0 Å². The Balaban J connectivity index is 4.45. The van der Waals surface area contributed by atoms with Gasteiger partial charge in [0.05, 0.1) is 8.80 Å². The first-order valence-corrected chi connectivity index (χ1v) is 8.56. The van der Waals surface area contributed by atoms with E-state index in [1.54, 1.807) is 0 Å². The monoisotopic (exact) mass is 227 g/mol. The lowest BCUT2D eigenvalue weighted by Crippen LogP contribution is -2.30. The van der Waals surface area contributed by atoms with Gasteiger partial charge in [-0.3, -0.25) is 0 Å². The van der Waals surface area contributed by atoms with Gasteiger partial charge in [0, 0.05) is 0 Å². The smallest absolute Gasteiger partial charge is 0.0545 e. The van der Waals surface area contributed by atoms with Crippen molar-refractivity contribution in [2.75, 3.05) is 0 Å². The van der Waals surface area contributed by atoms with Crippen molar-refractivity contribution in [3.63, 3.8) is 0 Å². The maximum Gasteiger partial charge on any atom is 0.0545 e. The van der Waals surface area contributed by atoms with E-state index in [-0.39, 0.29) is 8.80 Å². The molecule has 0 saturated heterocycles. The van der Waals surface area contributed by atoms with E-state index in [9.17, 15) is 0 Å². The first-order chi connectivity index (χ1) is 6.79. The summed E-state index contributed by atoms with van der Waals surface area (Å²) in [5.41, 5.74) is 0. The predicted molar refractivity (Wildman–Crippen MR) is 74.0 cm³/mol. The third-order valence-corrected chi connectivity index (χ3v) is 7.92. The summed E-state index contributed by atoms with van der Waals surface area (Å²) in [6.45, 7) is 16.9. The molecule has 0 aliphatic rings. The lowest BCUT2D eigenvalue weighted by molar-refractivity contribution is 0.554. The molecule has 0 nitrogen and oxygen atoms in total. The molecule has 0 spiro atoms. The van der Waals surface area contributed by atoms with Crippen LogP contribution in [-0.4, -0.2) is 8.80 Å². The van der Waals surface area contributed by atoms with Crippen molar-refractivity contribution < 1.29 is 0 Å². The summed E-state index contributed by atoms with van der Waals surface area (Å²) in [5.74, 6) is 1.77. The SMILES string of the molecule is CCCC(C)(C)[Si](CC(C)C)CC(C)C. The van der Waals surface area contributed by atoms with Gasteiger partial charge in [0.1, 0.15) is 0 Å². The standard InChI is InChI=1S/C14H31Si/c1-8-9-14(6,7)15(10-12(2)3)11-13(4)5/h12-13H,8-11H2,1-7H3. The average molecular weight is 227 g/mol. The summed E-state index contributed by atoms with van der Waals surface area (Å²) in [5, 5.41) is 0.633. The third-order valence-electron chi connectivity index (χ3n) is 3.14. The Morgan fingerprint density at radius 2 is 1.33 bits per heavy atom. The molecule has 0 N–H and O–H groups in total. The van der Waals surface area contributed by atoms with Gasteiger partial charge < -0.3 is 0 Å². The summed E-state index contributed by atoms with van der Waals surface area (Å²) in [4.78, 5) is 0. The Bertz CT molecular complexity index is 149. The molecule has 0 bridgehead atoms.